The van der Waals surface area contributed by atoms with Crippen molar-refractivity contribution in [3.8, 4) is 6.07 Å². The van der Waals surface area contributed by atoms with Gasteiger partial charge >= 0.3 is 6.09 Å². The molecule has 0 spiro atoms. The summed E-state index contributed by atoms with van der Waals surface area (Å²) in [6, 6.07) is 13.8. The Morgan fingerprint density at radius 2 is 1.79 bits per heavy atom. The van der Waals surface area contributed by atoms with E-state index in [1.807, 2.05) is 23.1 Å². The van der Waals surface area contributed by atoms with E-state index in [4.69, 9.17) is 5.26 Å². The molecule has 2 heterocycles. The summed E-state index contributed by atoms with van der Waals surface area (Å²) in [5.74, 6) is -0.0235. The molecule has 6 heteroatoms. The monoisotopic (exact) mass is 391 g/mol. The molecule has 2 atom stereocenters. The highest BCUT2D eigenvalue weighted by atomic mass is 16.4. The summed E-state index contributed by atoms with van der Waals surface area (Å²) in [6.07, 6.45) is 4.05. The molecule has 2 saturated heterocycles. The molecule has 2 aromatic carbocycles. The molecule has 2 aliphatic rings. The van der Waals surface area contributed by atoms with Crippen LogP contribution in [0.1, 0.15) is 43.2 Å². The van der Waals surface area contributed by atoms with Crippen LogP contribution < -0.4 is 0 Å². The van der Waals surface area contributed by atoms with E-state index in [2.05, 4.69) is 24.3 Å². The maximum Gasteiger partial charge on any atom is 0.407 e. The summed E-state index contributed by atoms with van der Waals surface area (Å²) < 4.78 is 0. The first-order valence-corrected chi connectivity index (χ1v) is 10.3. The summed E-state index contributed by atoms with van der Waals surface area (Å²) >= 11 is 0. The lowest BCUT2D eigenvalue weighted by molar-refractivity contribution is -0.136. The van der Waals surface area contributed by atoms with Crippen LogP contribution >= 0.6 is 0 Å². The third-order valence-corrected chi connectivity index (χ3v) is 6.24. The molecule has 2 fully saturated rings. The molecule has 2 aromatic rings. The third-order valence-electron chi connectivity index (χ3n) is 6.24. The first-order chi connectivity index (χ1) is 14.1. The number of rotatable bonds is 4. The maximum atomic E-state index is 13.0. The number of benzene rings is 2. The van der Waals surface area contributed by atoms with Crippen LogP contribution in [0.15, 0.2) is 36.4 Å². The maximum absolute atomic E-state index is 13.0. The van der Waals surface area contributed by atoms with E-state index < -0.39 is 12.1 Å². The van der Waals surface area contributed by atoms with Crippen LogP contribution in [0.5, 0.6) is 0 Å². The minimum absolute atomic E-state index is 0.0235. The third kappa shape index (κ3) is 3.91. The van der Waals surface area contributed by atoms with Gasteiger partial charge in [0.2, 0.25) is 5.91 Å². The Hall–Kier alpha value is -3.07. The summed E-state index contributed by atoms with van der Waals surface area (Å²) in [5, 5.41) is 20.6. The van der Waals surface area contributed by atoms with Crippen molar-refractivity contribution in [3.05, 3.63) is 47.5 Å². The van der Waals surface area contributed by atoms with Crippen LogP contribution in [0, 0.1) is 11.3 Å². The SMILES string of the molecule is N#Cc1ccc2ccc(CC[C@H]3CCCN3C(=O)[C@H]3CCCN3C(=O)O)cc2c1. The zero-order valence-electron chi connectivity index (χ0n) is 16.4. The van der Waals surface area contributed by atoms with Crippen LogP contribution in [-0.4, -0.2) is 52.1 Å². The van der Waals surface area contributed by atoms with Crippen molar-refractivity contribution < 1.29 is 14.7 Å². The Morgan fingerprint density at radius 3 is 2.59 bits per heavy atom. The van der Waals surface area contributed by atoms with E-state index in [-0.39, 0.29) is 11.9 Å². The van der Waals surface area contributed by atoms with E-state index in [1.54, 1.807) is 0 Å². The Kier molecular flexibility index (Phi) is 5.39. The van der Waals surface area contributed by atoms with Gasteiger partial charge in [0.1, 0.15) is 6.04 Å². The van der Waals surface area contributed by atoms with Crippen molar-refractivity contribution in [2.24, 2.45) is 0 Å². The second-order valence-electron chi connectivity index (χ2n) is 8.01. The zero-order valence-corrected chi connectivity index (χ0v) is 16.4. The van der Waals surface area contributed by atoms with E-state index in [0.717, 1.165) is 49.4 Å². The number of hydrogen-bond donors (Lipinski definition) is 1. The molecule has 0 bridgehead atoms. The number of amides is 2. The number of nitrogens with zero attached hydrogens (tertiary/aromatic N) is 3. The number of carbonyl (C=O) groups is 2. The largest absolute Gasteiger partial charge is 0.465 e. The van der Waals surface area contributed by atoms with Crippen molar-refractivity contribution in [3.63, 3.8) is 0 Å². The highest BCUT2D eigenvalue weighted by Crippen LogP contribution is 2.27. The normalized spacial score (nSPS) is 21.5. The Morgan fingerprint density at radius 1 is 1.03 bits per heavy atom. The Bertz CT molecular complexity index is 981. The van der Waals surface area contributed by atoms with Crippen LogP contribution in [0.3, 0.4) is 0 Å². The number of fused-ring (bicyclic) bond motifs is 1. The molecule has 0 saturated carbocycles. The van der Waals surface area contributed by atoms with Crippen molar-refractivity contribution in [1.29, 1.82) is 5.26 Å². The van der Waals surface area contributed by atoms with Gasteiger partial charge in [0.25, 0.3) is 0 Å². The highest BCUT2D eigenvalue weighted by molar-refractivity contribution is 5.86. The predicted molar refractivity (Wildman–Crippen MR) is 109 cm³/mol. The van der Waals surface area contributed by atoms with Crippen molar-refractivity contribution >= 4 is 22.8 Å². The summed E-state index contributed by atoms with van der Waals surface area (Å²) in [5.41, 5.74) is 1.85. The number of nitriles is 1. The molecule has 1 N–H and O–H groups in total. The Balaban J connectivity index is 1.44. The average molecular weight is 391 g/mol. The van der Waals surface area contributed by atoms with Gasteiger partial charge in [-0.15, -0.1) is 0 Å². The van der Waals surface area contributed by atoms with Crippen LogP contribution in [0.2, 0.25) is 0 Å². The van der Waals surface area contributed by atoms with Crippen LogP contribution in [0.25, 0.3) is 10.8 Å². The number of hydrogen-bond acceptors (Lipinski definition) is 3. The summed E-state index contributed by atoms with van der Waals surface area (Å²) in [7, 11) is 0. The average Bonchev–Trinajstić information content (AvgIpc) is 3.40. The molecule has 2 amide bonds. The standard InChI is InChI=1S/C23H25N3O3/c24-15-17-6-9-18-8-5-16(13-19(18)14-17)7-10-20-3-1-11-25(20)22(27)21-4-2-12-26(21)23(28)29/h5-6,8-9,13-14,20-21H,1-4,7,10-12H2,(H,28,29)/t20-,21-/m1/s1. The van der Waals surface area contributed by atoms with Gasteiger partial charge in [0.05, 0.1) is 11.6 Å². The number of carboxylic acid groups (broad SMARTS) is 1. The first-order valence-electron chi connectivity index (χ1n) is 10.3. The van der Waals surface area contributed by atoms with Gasteiger partial charge in [-0.05, 0) is 67.0 Å². The van der Waals surface area contributed by atoms with E-state index in [9.17, 15) is 14.7 Å². The molecular weight excluding hydrogens is 366 g/mol. The fraction of sp³-hybridized carbons (Fsp3) is 0.435. The second-order valence-corrected chi connectivity index (χ2v) is 8.01. The van der Waals surface area contributed by atoms with Gasteiger partial charge in [-0.1, -0.05) is 24.3 Å². The van der Waals surface area contributed by atoms with E-state index in [1.165, 1.54) is 10.5 Å². The predicted octanol–water partition coefficient (Wildman–Crippen LogP) is 3.78. The fourth-order valence-corrected chi connectivity index (χ4v) is 4.72. The van der Waals surface area contributed by atoms with Crippen LogP contribution in [-0.2, 0) is 11.2 Å². The lowest BCUT2D eigenvalue weighted by atomic mass is 9.99. The smallest absolute Gasteiger partial charge is 0.407 e. The molecule has 6 nitrogen and oxygen atoms in total. The quantitative estimate of drug-likeness (QED) is 0.860. The fourth-order valence-electron chi connectivity index (χ4n) is 4.72. The summed E-state index contributed by atoms with van der Waals surface area (Å²) in [6.45, 7) is 1.17. The topological polar surface area (TPSA) is 84.6 Å². The number of aryl methyl sites for hydroxylation is 1. The van der Waals surface area contributed by atoms with Crippen molar-refractivity contribution in [1.82, 2.24) is 9.80 Å². The van der Waals surface area contributed by atoms with Gasteiger partial charge in [-0.2, -0.15) is 5.26 Å². The zero-order chi connectivity index (χ0) is 20.4. The highest BCUT2D eigenvalue weighted by Gasteiger charge is 2.39. The molecule has 4 rings (SSSR count). The molecule has 0 aromatic heterocycles. The molecule has 150 valence electrons. The second kappa shape index (κ2) is 8.12. The van der Waals surface area contributed by atoms with Crippen LogP contribution in [0.4, 0.5) is 4.79 Å². The van der Waals surface area contributed by atoms with Gasteiger partial charge in [-0.3, -0.25) is 9.69 Å². The lowest BCUT2D eigenvalue weighted by Gasteiger charge is -2.30. The molecule has 0 aliphatic carbocycles. The first kappa shape index (κ1) is 19.3. The number of carbonyl (C=O) groups excluding carboxylic acids is 1. The molecule has 0 unspecified atom stereocenters. The molecular formula is C23H25N3O3. The van der Waals surface area contributed by atoms with Gasteiger partial charge < -0.3 is 10.0 Å². The molecule has 2 aliphatic heterocycles. The van der Waals surface area contributed by atoms with Crippen molar-refractivity contribution in [2.45, 2.75) is 50.6 Å². The molecule has 29 heavy (non-hydrogen) atoms. The minimum Gasteiger partial charge on any atom is -0.465 e. The Labute approximate surface area is 170 Å². The minimum atomic E-state index is -0.996. The lowest BCUT2D eigenvalue weighted by Crippen LogP contribution is -2.49. The van der Waals surface area contributed by atoms with Gasteiger partial charge in [0.15, 0.2) is 0 Å². The van der Waals surface area contributed by atoms with E-state index in [0.29, 0.717) is 18.5 Å². The number of likely N-dealkylation sites (tertiary alicyclic amines) is 2. The van der Waals surface area contributed by atoms with Gasteiger partial charge in [0, 0.05) is 19.1 Å². The van der Waals surface area contributed by atoms with Crippen molar-refractivity contribution in [2.75, 3.05) is 13.1 Å². The van der Waals surface area contributed by atoms with E-state index >= 15 is 0 Å². The molecule has 0 radical (unpaired) electrons. The van der Waals surface area contributed by atoms with Gasteiger partial charge in [-0.25, -0.2) is 4.79 Å². The summed E-state index contributed by atoms with van der Waals surface area (Å²) in [4.78, 5) is 27.6.